The van der Waals surface area contributed by atoms with Gasteiger partial charge in [-0.15, -0.1) is 0 Å². The maximum absolute atomic E-state index is 10.7. The van der Waals surface area contributed by atoms with Crippen molar-refractivity contribution in [2.75, 3.05) is 26.4 Å². The highest BCUT2D eigenvalue weighted by atomic mass is 16.7. The molecular formula is C21H37NO17. The Labute approximate surface area is 221 Å². The lowest BCUT2D eigenvalue weighted by molar-refractivity contribution is -0.333. The summed E-state index contributed by atoms with van der Waals surface area (Å²) in [5.41, 5.74) is 1.69. The van der Waals surface area contributed by atoms with Gasteiger partial charge in [-0.1, -0.05) is 0 Å². The van der Waals surface area contributed by atoms with Crippen molar-refractivity contribution in [3.05, 3.63) is 0 Å². The van der Waals surface area contributed by atoms with Crippen LogP contribution in [-0.2, 0) is 33.2 Å². The average molecular weight is 576 g/mol. The van der Waals surface area contributed by atoms with Gasteiger partial charge in [0.1, 0.15) is 61.0 Å². The molecule has 39 heavy (non-hydrogen) atoms. The van der Waals surface area contributed by atoms with E-state index in [2.05, 4.69) is 0 Å². The number of hydrogen-bond acceptors (Lipinski definition) is 18. The van der Waals surface area contributed by atoms with Crippen LogP contribution in [0.4, 0.5) is 0 Å². The molecule has 11 N–H and O–H groups in total. The number of aliphatic hydroxyl groups excluding tert-OH is 9. The molecule has 0 aromatic carbocycles. The van der Waals surface area contributed by atoms with Crippen molar-refractivity contribution >= 4 is 0 Å². The molecule has 0 amide bonds. The van der Waals surface area contributed by atoms with E-state index in [9.17, 15) is 46.0 Å². The molecule has 0 aliphatic carbocycles. The van der Waals surface area contributed by atoms with Crippen LogP contribution in [0.3, 0.4) is 0 Å². The maximum Gasteiger partial charge on any atom is 0.187 e. The van der Waals surface area contributed by atoms with Crippen LogP contribution in [0.5, 0.6) is 0 Å². The molecule has 0 radical (unpaired) electrons. The number of rotatable bonds is 9. The van der Waals surface area contributed by atoms with Crippen LogP contribution >= 0.6 is 0 Å². The largest absolute Gasteiger partial charge is 0.394 e. The zero-order chi connectivity index (χ0) is 28.4. The fourth-order valence-corrected chi connectivity index (χ4v) is 4.76. The molecular weight excluding hydrogens is 538 g/mol. The number of nitrogens with one attached hydrogen (secondary N) is 1. The molecule has 4 aliphatic heterocycles. The van der Waals surface area contributed by atoms with Crippen molar-refractivity contribution in [3.8, 4) is 0 Å². The molecule has 0 saturated carbocycles. The van der Waals surface area contributed by atoms with E-state index in [1.54, 1.807) is 5.48 Å². The Balaban J connectivity index is 1.31. The monoisotopic (exact) mass is 575 g/mol. The van der Waals surface area contributed by atoms with Crippen molar-refractivity contribution in [1.82, 2.24) is 5.48 Å². The Morgan fingerprint density at radius 3 is 2.08 bits per heavy atom. The summed E-state index contributed by atoms with van der Waals surface area (Å²) in [5.74, 6) is 0. The molecule has 4 rings (SSSR count). The second-order valence-electron chi connectivity index (χ2n) is 9.86. The van der Waals surface area contributed by atoms with Gasteiger partial charge < -0.3 is 84.3 Å². The molecule has 228 valence electrons. The summed E-state index contributed by atoms with van der Waals surface area (Å²) in [6.45, 7) is -1.53. The molecule has 9 unspecified atom stereocenters. The molecule has 18 heteroatoms. The number of ether oxygens (including phenoxy) is 7. The van der Waals surface area contributed by atoms with Gasteiger partial charge in [-0.3, -0.25) is 0 Å². The Morgan fingerprint density at radius 1 is 0.692 bits per heavy atom. The third-order valence-electron chi connectivity index (χ3n) is 7.08. The van der Waals surface area contributed by atoms with E-state index < -0.39 is 105 Å². The second-order valence-corrected chi connectivity index (χ2v) is 9.86. The fraction of sp³-hybridized carbons (Fsp3) is 1.00. The normalized spacial score (nSPS) is 51.2. The third-order valence-corrected chi connectivity index (χ3v) is 7.08. The van der Waals surface area contributed by atoms with E-state index in [-0.39, 0.29) is 26.2 Å². The fourth-order valence-electron chi connectivity index (χ4n) is 4.76. The van der Waals surface area contributed by atoms with Crippen molar-refractivity contribution in [3.63, 3.8) is 0 Å². The molecule has 18 nitrogen and oxygen atoms in total. The van der Waals surface area contributed by atoms with Crippen LogP contribution in [0, 0.1) is 0 Å². The molecule has 0 bridgehead atoms. The van der Waals surface area contributed by atoms with Crippen molar-refractivity contribution in [2.24, 2.45) is 0 Å². The van der Waals surface area contributed by atoms with Gasteiger partial charge >= 0.3 is 0 Å². The minimum absolute atomic E-state index is 0.113. The summed E-state index contributed by atoms with van der Waals surface area (Å²) in [6, 6.07) is 0. The lowest BCUT2D eigenvalue weighted by Crippen LogP contribution is -2.60. The highest BCUT2D eigenvalue weighted by molar-refractivity contribution is 4.91. The van der Waals surface area contributed by atoms with Crippen LogP contribution in [0.1, 0.15) is 6.42 Å². The predicted octanol–water partition coefficient (Wildman–Crippen LogP) is -6.82. The van der Waals surface area contributed by atoms with Gasteiger partial charge in [0.15, 0.2) is 25.1 Å². The quantitative estimate of drug-likeness (QED) is 0.114. The predicted molar refractivity (Wildman–Crippen MR) is 117 cm³/mol. The lowest BCUT2D eigenvalue weighted by atomic mass is 10.0. The van der Waals surface area contributed by atoms with Gasteiger partial charge in [-0.25, -0.2) is 0 Å². The van der Waals surface area contributed by atoms with E-state index in [0.717, 1.165) is 0 Å². The summed E-state index contributed by atoms with van der Waals surface area (Å²) in [6.07, 6.45) is -22.2. The van der Waals surface area contributed by atoms with Crippen LogP contribution in [-0.4, -0.2) is 176 Å². The highest BCUT2D eigenvalue weighted by Crippen LogP contribution is 2.29. The van der Waals surface area contributed by atoms with Gasteiger partial charge in [0.2, 0.25) is 0 Å². The number of hydroxylamine groups is 1. The Hall–Kier alpha value is -0.720. The summed E-state index contributed by atoms with van der Waals surface area (Å²) in [5, 5.41) is 99.9. The first kappa shape index (κ1) is 31.2. The van der Waals surface area contributed by atoms with Gasteiger partial charge in [-0.2, -0.15) is 5.48 Å². The molecule has 0 aromatic heterocycles. The van der Waals surface area contributed by atoms with E-state index in [4.69, 9.17) is 38.4 Å². The van der Waals surface area contributed by atoms with Gasteiger partial charge in [0.05, 0.1) is 38.6 Å². The number of hydrogen-bond donors (Lipinski definition) is 11. The van der Waals surface area contributed by atoms with E-state index in [0.29, 0.717) is 0 Å². The van der Waals surface area contributed by atoms with Gasteiger partial charge in [0.25, 0.3) is 0 Å². The zero-order valence-corrected chi connectivity index (χ0v) is 20.6. The standard InChI is InChI=1S/C21H37NO17/c23-2-9-12(27)15(30)21(37-9)39-17-8(25)4-35-19(16(17)31)34-3-6-1-7(24)11(26)20(36-6)38-10-5-33-18(22-32)14(29)13(10)28/h6-32H,1-5H2/t6?,7?,8-,9+,10-,11?,12?,13?,14?,15?,16?,17?,18-,19-,20+,21+/m1/s1. The molecule has 4 fully saturated rings. The van der Waals surface area contributed by atoms with Crippen molar-refractivity contribution < 1.29 is 84.3 Å². The van der Waals surface area contributed by atoms with Crippen molar-refractivity contribution in [1.29, 1.82) is 0 Å². The SMILES string of the molecule is OC[C@@H]1O[C@@H](OC2C(O)[C@H](OCC3CC(O)C(O)[C@H](O[C@@H]4CO[C@@H](NO)C(O)C4O)O3)OC[C@H]2O)C(O)C1O. The molecule has 16 atom stereocenters. The highest BCUT2D eigenvalue weighted by Gasteiger charge is 2.49. The molecule has 4 aliphatic rings. The summed E-state index contributed by atoms with van der Waals surface area (Å²) < 4.78 is 37.9. The maximum atomic E-state index is 10.7. The molecule has 0 aromatic rings. The van der Waals surface area contributed by atoms with E-state index >= 15 is 0 Å². The molecule has 4 saturated heterocycles. The van der Waals surface area contributed by atoms with Gasteiger partial charge in [0, 0.05) is 6.42 Å². The molecule has 4 heterocycles. The topological polar surface area (TPSA) is 279 Å². The minimum Gasteiger partial charge on any atom is -0.394 e. The lowest BCUT2D eigenvalue weighted by Gasteiger charge is -2.42. The smallest absolute Gasteiger partial charge is 0.187 e. The Kier molecular flexibility index (Phi) is 10.8. The summed E-state index contributed by atoms with van der Waals surface area (Å²) >= 11 is 0. The van der Waals surface area contributed by atoms with Crippen LogP contribution in [0.25, 0.3) is 0 Å². The summed E-state index contributed by atoms with van der Waals surface area (Å²) in [7, 11) is 0. The minimum atomic E-state index is -1.61. The van der Waals surface area contributed by atoms with Crippen LogP contribution < -0.4 is 5.48 Å². The molecule has 0 spiro atoms. The van der Waals surface area contributed by atoms with E-state index in [1.165, 1.54) is 0 Å². The number of aliphatic hydroxyl groups is 9. The van der Waals surface area contributed by atoms with E-state index in [1.807, 2.05) is 0 Å². The Morgan fingerprint density at radius 2 is 1.41 bits per heavy atom. The first-order valence-corrected chi connectivity index (χ1v) is 12.5. The van der Waals surface area contributed by atoms with Crippen LogP contribution in [0.2, 0.25) is 0 Å². The Bertz CT molecular complexity index is 768. The first-order valence-electron chi connectivity index (χ1n) is 12.5. The zero-order valence-electron chi connectivity index (χ0n) is 20.6. The van der Waals surface area contributed by atoms with Gasteiger partial charge in [-0.05, 0) is 0 Å². The third kappa shape index (κ3) is 6.85. The first-order chi connectivity index (χ1) is 18.5. The average Bonchev–Trinajstić information content (AvgIpc) is 3.19. The van der Waals surface area contributed by atoms with Crippen molar-refractivity contribution in [2.45, 2.75) is 105 Å². The second kappa shape index (κ2) is 13.5. The van der Waals surface area contributed by atoms with Crippen LogP contribution in [0.15, 0.2) is 0 Å². The summed E-state index contributed by atoms with van der Waals surface area (Å²) in [4.78, 5) is 0.